The van der Waals surface area contributed by atoms with Gasteiger partial charge in [0.2, 0.25) is 0 Å². The fraction of sp³-hybridized carbons (Fsp3) is 0. The van der Waals surface area contributed by atoms with E-state index in [1.807, 2.05) is 6.07 Å². The molecule has 0 saturated carbocycles. The van der Waals surface area contributed by atoms with Crippen LogP contribution in [0, 0.1) is 11.3 Å². The van der Waals surface area contributed by atoms with Gasteiger partial charge in [-0.2, -0.15) is 5.26 Å². The molecular weight excluding hydrogens is 264 g/mol. The van der Waals surface area contributed by atoms with E-state index in [0.717, 1.165) is 4.90 Å². The normalized spacial score (nSPS) is 9.68. The molecule has 0 aliphatic rings. The van der Waals surface area contributed by atoms with Crippen LogP contribution in [0.3, 0.4) is 0 Å². The molecule has 0 unspecified atom stereocenters. The van der Waals surface area contributed by atoms with Crippen molar-refractivity contribution in [3.63, 3.8) is 0 Å². The summed E-state index contributed by atoms with van der Waals surface area (Å²) in [5.74, 6) is 0. The van der Waals surface area contributed by atoms with Crippen molar-refractivity contribution >= 4 is 29.1 Å². The molecule has 1 amide bonds. The number of anilines is 2. The Bertz CT molecular complexity index is 650. The summed E-state index contributed by atoms with van der Waals surface area (Å²) in [6.07, 6.45) is -1.13. The van der Waals surface area contributed by atoms with Crippen LogP contribution in [0.5, 0.6) is 0 Å². The first-order chi connectivity index (χ1) is 9.13. The molecule has 4 nitrogen and oxygen atoms in total. The van der Waals surface area contributed by atoms with E-state index in [-0.39, 0.29) is 5.56 Å². The molecule has 1 N–H and O–H groups in total. The maximum atomic E-state index is 11.4. The topological polar surface area (TPSA) is 64.3 Å². The van der Waals surface area contributed by atoms with Gasteiger partial charge in [-0.3, -0.25) is 0 Å². The van der Waals surface area contributed by atoms with E-state index >= 15 is 0 Å². The molecule has 0 aliphatic heterocycles. The fourth-order valence-electron chi connectivity index (χ4n) is 1.69. The minimum atomic E-state index is -1.13. The van der Waals surface area contributed by atoms with Gasteiger partial charge >= 0.3 is 6.09 Å². The lowest BCUT2D eigenvalue weighted by molar-refractivity contribution is 0.205. The standard InChI is InChI=1S/C14H9ClN2O2/c15-13-7-6-12(8-10(13)9-16)17(14(18)19)11-4-2-1-3-5-11/h1-8H,(H,18,19). The minimum absolute atomic E-state index is 0.237. The number of benzene rings is 2. The Kier molecular flexibility index (Phi) is 3.69. The molecule has 2 aromatic carbocycles. The molecule has 0 saturated heterocycles. The molecule has 2 rings (SSSR count). The van der Waals surface area contributed by atoms with Crippen molar-refractivity contribution in [2.24, 2.45) is 0 Å². The maximum Gasteiger partial charge on any atom is 0.416 e. The van der Waals surface area contributed by atoms with Crippen molar-refractivity contribution in [3.05, 3.63) is 59.1 Å². The summed E-state index contributed by atoms with van der Waals surface area (Å²) >= 11 is 5.84. The van der Waals surface area contributed by atoms with Crippen LogP contribution in [0.25, 0.3) is 0 Å². The van der Waals surface area contributed by atoms with Crippen molar-refractivity contribution in [2.75, 3.05) is 4.90 Å². The second kappa shape index (κ2) is 5.42. The number of nitrogens with zero attached hydrogens (tertiary/aromatic N) is 2. The first-order valence-corrected chi connectivity index (χ1v) is 5.79. The van der Waals surface area contributed by atoms with Gasteiger partial charge in [-0.25, -0.2) is 9.69 Å². The van der Waals surface area contributed by atoms with Crippen LogP contribution in [0.15, 0.2) is 48.5 Å². The number of rotatable bonds is 2. The Morgan fingerprint density at radius 2 is 1.84 bits per heavy atom. The van der Waals surface area contributed by atoms with Gasteiger partial charge in [0.05, 0.1) is 22.0 Å². The van der Waals surface area contributed by atoms with E-state index in [1.54, 1.807) is 36.4 Å². The Morgan fingerprint density at radius 1 is 1.16 bits per heavy atom. The molecule has 0 aromatic heterocycles. The lowest BCUT2D eigenvalue weighted by atomic mass is 10.2. The molecule has 5 heteroatoms. The molecule has 19 heavy (non-hydrogen) atoms. The van der Waals surface area contributed by atoms with E-state index in [0.29, 0.717) is 16.4 Å². The highest BCUT2D eigenvalue weighted by atomic mass is 35.5. The summed E-state index contributed by atoms with van der Waals surface area (Å²) in [7, 11) is 0. The van der Waals surface area contributed by atoms with Gasteiger partial charge in [-0.1, -0.05) is 29.8 Å². The zero-order valence-electron chi connectivity index (χ0n) is 9.75. The van der Waals surface area contributed by atoms with E-state index in [2.05, 4.69) is 0 Å². The molecular formula is C14H9ClN2O2. The van der Waals surface area contributed by atoms with Gasteiger partial charge in [-0.15, -0.1) is 0 Å². The van der Waals surface area contributed by atoms with Gasteiger partial charge < -0.3 is 5.11 Å². The summed E-state index contributed by atoms with van der Waals surface area (Å²) < 4.78 is 0. The van der Waals surface area contributed by atoms with Crippen molar-refractivity contribution in [1.29, 1.82) is 5.26 Å². The number of halogens is 1. The zero-order valence-corrected chi connectivity index (χ0v) is 10.5. The number of para-hydroxylation sites is 1. The van der Waals surface area contributed by atoms with Gasteiger partial charge in [0, 0.05) is 0 Å². The summed E-state index contributed by atoms with van der Waals surface area (Å²) in [6, 6.07) is 15.1. The third-order valence-corrected chi connectivity index (χ3v) is 2.86. The van der Waals surface area contributed by atoms with Crippen molar-refractivity contribution in [2.45, 2.75) is 0 Å². The average Bonchev–Trinajstić information content (AvgIpc) is 2.41. The first kappa shape index (κ1) is 12.9. The minimum Gasteiger partial charge on any atom is -0.464 e. The molecule has 0 radical (unpaired) electrons. The highest BCUT2D eigenvalue weighted by Crippen LogP contribution is 2.28. The average molecular weight is 273 g/mol. The number of carboxylic acid groups (broad SMARTS) is 1. The van der Waals surface area contributed by atoms with Gasteiger partial charge in [-0.05, 0) is 30.3 Å². The third kappa shape index (κ3) is 2.67. The molecule has 0 fully saturated rings. The monoisotopic (exact) mass is 272 g/mol. The summed E-state index contributed by atoms with van der Waals surface area (Å²) in [4.78, 5) is 12.5. The van der Waals surface area contributed by atoms with E-state index < -0.39 is 6.09 Å². The third-order valence-electron chi connectivity index (χ3n) is 2.53. The summed E-state index contributed by atoms with van der Waals surface area (Å²) in [5.41, 5.74) is 1.11. The molecule has 0 heterocycles. The smallest absolute Gasteiger partial charge is 0.416 e. The number of hydrogen-bond acceptors (Lipinski definition) is 2. The van der Waals surface area contributed by atoms with Crippen LogP contribution in [0.1, 0.15) is 5.56 Å². The highest BCUT2D eigenvalue weighted by Gasteiger charge is 2.17. The predicted molar refractivity (Wildman–Crippen MR) is 72.8 cm³/mol. The Labute approximate surface area is 115 Å². The van der Waals surface area contributed by atoms with Crippen LogP contribution < -0.4 is 4.90 Å². The summed E-state index contributed by atoms with van der Waals surface area (Å²) in [6.45, 7) is 0. The highest BCUT2D eigenvalue weighted by molar-refractivity contribution is 6.31. The number of hydrogen-bond donors (Lipinski definition) is 1. The lowest BCUT2D eigenvalue weighted by Gasteiger charge is -2.19. The van der Waals surface area contributed by atoms with Crippen molar-refractivity contribution in [3.8, 4) is 6.07 Å². The second-order valence-electron chi connectivity index (χ2n) is 3.73. The molecule has 0 atom stereocenters. The van der Waals surface area contributed by atoms with Crippen molar-refractivity contribution in [1.82, 2.24) is 0 Å². The number of nitriles is 1. The molecule has 0 spiro atoms. The van der Waals surface area contributed by atoms with Crippen LogP contribution in [0.4, 0.5) is 16.2 Å². The fourth-order valence-corrected chi connectivity index (χ4v) is 1.84. The van der Waals surface area contributed by atoms with Crippen LogP contribution >= 0.6 is 11.6 Å². The number of carbonyl (C=O) groups is 1. The van der Waals surface area contributed by atoms with Crippen molar-refractivity contribution < 1.29 is 9.90 Å². The first-order valence-electron chi connectivity index (χ1n) is 5.41. The predicted octanol–water partition coefficient (Wildman–Crippen LogP) is 4.03. The van der Waals surface area contributed by atoms with Gasteiger partial charge in [0.1, 0.15) is 6.07 Å². The van der Waals surface area contributed by atoms with Crippen LogP contribution in [-0.4, -0.2) is 11.2 Å². The van der Waals surface area contributed by atoms with Gasteiger partial charge in [0.15, 0.2) is 0 Å². The van der Waals surface area contributed by atoms with Gasteiger partial charge in [0.25, 0.3) is 0 Å². The zero-order chi connectivity index (χ0) is 13.8. The largest absolute Gasteiger partial charge is 0.464 e. The maximum absolute atomic E-state index is 11.4. The van der Waals surface area contributed by atoms with Crippen LogP contribution in [0.2, 0.25) is 5.02 Å². The van der Waals surface area contributed by atoms with Crippen LogP contribution in [-0.2, 0) is 0 Å². The summed E-state index contributed by atoms with van der Waals surface area (Å²) in [5, 5.41) is 18.6. The van der Waals surface area contributed by atoms with E-state index in [4.69, 9.17) is 16.9 Å². The Hall–Kier alpha value is -2.51. The molecule has 0 bridgehead atoms. The van der Waals surface area contributed by atoms with E-state index in [9.17, 15) is 9.90 Å². The molecule has 0 aliphatic carbocycles. The SMILES string of the molecule is N#Cc1cc(N(C(=O)O)c2ccccc2)ccc1Cl. The molecule has 94 valence electrons. The Balaban J connectivity index is 2.53. The number of amides is 1. The second-order valence-corrected chi connectivity index (χ2v) is 4.14. The van der Waals surface area contributed by atoms with E-state index in [1.165, 1.54) is 12.1 Å². The molecule has 2 aromatic rings. The lowest BCUT2D eigenvalue weighted by Crippen LogP contribution is -2.23. The Morgan fingerprint density at radius 3 is 2.42 bits per heavy atom. The quantitative estimate of drug-likeness (QED) is 0.898.